The van der Waals surface area contributed by atoms with E-state index in [0.29, 0.717) is 12.9 Å². The summed E-state index contributed by atoms with van der Waals surface area (Å²) in [4.78, 5) is 21.6. The second kappa shape index (κ2) is 9.49. The Bertz CT molecular complexity index is 537. The summed E-state index contributed by atoms with van der Waals surface area (Å²) >= 11 is 0. The number of aliphatic carboxylic acids is 1. The summed E-state index contributed by atoms with van der Waals surface area (Å²) in [5.41, 5.74) is 0. The first kappa shape index (κ1) is 21.9. The molecule has 0 aromatic rings. The molecule has 0 amide bonds. The number of hydrogen-bond donors (Lipinski definition) is 1. The summed E-state index contributed by atoms with van der Waals surface area (Å²) in [6, 6.07) is 0. The van der Waals surface area contributed by atoms with Crippen LogP contribution in [0.15, 0.2) is 0 Å². The van der Waals surface area contributed by atoms with Gasteiger partial charge in [0.25, 0.3) is 6.47 Å². The molecule has 0 aliphatic heterocycles. The van der Waals surface area contributed by atoms with Gasteiger partial charge in [-0.05, 0) is 38.5 Å². The SMILES string of the molecule is O=COC1CCCC(OC2CC(C(=O)O)CC(S(=O)(=O)[O-])C2)C1.[Na+]. The minimum atomic E-state index is -4.55. The number of carbonyl (C=O) groups excluding carboxylic acids is 1. The molecule has 0 heterocycles. The number of carboxylic acid groups (broad SMARTS) is 1. The van der Waals surface area contributed by atoms with Gasteiger partial charge in [0, 0.05) is 6.42 Å². The van der Waals surface area contributed by atoms with Crippen molar-refractivity contribution < 1.29 is 66.7 Å². The molecule has 2 saturated carbocycles. The quantitative estimate of drug-likeness (QED) is 0.312. The molecule has 0 radical (unpaired) electrons. The Hall–Kier alpha value is -0.190. The van der Waals surface area contributed by atoms with Gasteiger partial charge >= 0.3 is 35.5 Å². The van der Waals surface area contributed by atoms with Crippen molar-refractivity contribution >= 4 is 22.6 Å². The van der Waals surface area contributed by atoms with E-state index in [1.165, 1.54) is 0 Å². The Morgan fingerprint density at radius 3 is 2.33 bits per heavy atom. The molecule has 10 heteroatoms. The zero-order valence-corrected chi connectivity index (χ0v) is 16.4. The number of ether oxygens (including phenoxy) is 2. The third-order valence-electron chi connectivity index (χ3n) is 4.59. The van der Waals surface area contributed by atoms with Crippen LogP contribution in [-0.2, 0) is 29.2 Å². The molecule has 2 aliphatic carbocycles. The largest absolute Gasteiger partial charge is 1.00 e. The van der Waals surface area contributed by atoms with Crippen LogP contribution in [0.25, 0.3) is 0 Å². The standard InChI is InChI=1S/C14H22O8S.Na/c15-8-21-10-2-1-3-11(6-10)22-12-4-9(14(16)17)5-13(7-12)23(18,19)20;/h8-13H,1-7H2,(H,16,17)(H,18,19,20);/q;+1/p-1. The van der Waals surface area contributed by atoms with Crippen molar-refractivity contribution in [2.45, 2.75) is 68.5 Å². The normalized spacial score (nSPS) is 34.0. The molecule has 0 spiro atoms. The van der Waals surface area contributed by atoms with Crippen molar-refractivity contribution in [2.24, 2.45) is 5.92 Å². The molecule has 5 unspecified atom stereocenters. The average molecular weight is 372 g/mol. The van der Waals surface area contributed by atoms with Crippen LogP contribution in [0.2, 0.25) is 0 Å². The maximum atomic E-state index is 11.3. The fourth-order valence-electron chi connectivity index (χ4n) is 3.47. The predicted octanol–water partition coefficient (Wildman–Crippen LogP) is -2.34. The first-order valence-corrected chi connectivity index (χ1v) is 9.18. The first-order chi connectivity index (χ1) is 10.8. The summed E-state index contributed by atoms with van der Waals surface area (Å²) in [7, 11) is -4.55. The van der Waals surface area contributed by atoms with E-state index >= 15 is 0 Å². The third kappa shape index (κ3) is 6.27. The van der Waals surface area contributed by atoms with Gasteiger partial charge in [0.15, 0.2) is 0 Å². The smallest absolute Gasteiger partial charge is 0.748 e. The Morgan fingerprint density at radius 1 is 1.08 bits per heavy atom. The number of carboxylic acids is 1. The fraction of sp³-hybridized carbons (Fsp3) is 0.857. The molecule has 2 fully saturated rings. The van der Waals surface area contributed by atoms with E-state index < -0.39 is 33.4 Å². The van der Waals surface area contributed by atoms with Gasteiger partial charge in [0.1, 0.15) is 6.10 Å². The molecule has 1 N–H and O–H groups in total. The summed E-state index contributed by atoms with van der Waals surface area (Å²) in [5.74, 6) is -2.01. The second-order valence-corrected chi connectivity index (χ2v) is 7.91. The molecule has 24 heavy (non-hydrogen) atoms. The van der Waals surface area contributed by atoms with Crippen LogP contribution in [-0.4, -0.2) is 54.1 Å². The van der Waals surface area contributed by atoms with Crippen molar-refractivity contribution in [1.29, 1.82) is 0 Å². The maximum absolute atomic E-state index is 11.3. The summed E-state index contributed by atoms with van der Waals surface area (Å²) in [6.45, 7) is 0.397. The van der Waals surface area contributed by atoms with Crippen LogP contribution in [0.4, 0.5) is 0 Å². The number of hydrogen-bond acceptors (Lipinski definition) is 7. The Labute approximate surface area is 163 Å². The van der Waals surface area contributed by atoms with E-state index in [4.69, 9.17) is 14.6 Å². The molecular weight excluding hydrogens is 351 g/mol. The molecule has 8 nitrogen and oxygen atoms in total. The van der Waals surface area contributed by atoms with E-state index in [-0.39, 0.29) is 61.0 Å². The van der Waals surface area contributed by atoms with Gasteiger partial charge in [-0.1, -0.05) is 0 Å². The maximum Gasteiger partial charge on any atom is 1.00 e. The predicted molar refractivity (Wildman–Crippen MR) is 76.5 cm³/mol. The van der Waals surface area contributed by atoms with Crippen LogP contribution in [0, 0.1) is 5.92 Å². The van der Waals surface area contributed by atoms with Gasteiger partial charge in [0.2, 0.25) is 0 Å². The van der Waals surface area contributed by atoms with Gasteiger partial charge in [-0.15, -0.1) is 0 Å². The minimum Gasteiger partial charge on any atom is -0.748 e. The van der Waals surface area contributed by atoms with Crippen molar-refractivity contribution in [1.82, 2.24) is 0 Å². The van der Waals surface area contributed by atoms with E-state index in [2.05, 4.69) is 0 Å². The topological polar surface area (TPSA) is 130 Å². The molecule has 0 saturated heterocycles. The first-order valence-electron chi connectivity index (χ1n) is 7.71. The zero-order chi connectivity index (χ0) is 17.0. The molecule has 0 aromatic heterocycles. The fourth-order valence-corrected chi connectivity index (χ4v) is 4.38. The van der Waals surface area contributed by atoms with Crippen LogP contribution in [0.5, 0.6) is 0 Å². The molecular formula is C14H21NaO8S. The molecule has 5 atom stereocenters. The van der Waals surface area contributed by atoms with Gasteiger partial charge in [-0.25, -0.2) is 8.42 Å². The number of rotatable bonds is 6. The van der Waals surface area contributed by atoms with Crippen molar-refractivity contribution in [3.05, 3.63) is 0 Å². The van der Waals surface area contributed by atoms with Gasteiger partial charge in [-0.3, -0.25) is 9.59 Å². The minimum absolute atomic E-state index is 0. The zero-order valence-electron chi connectivity index (χ0n) is 13.6. The van der Waals surface area contributed by atoms with Crippen molar-refractivity contribution in [3.8, 4) is 0 Å². The Kier molecular flexibility index (Phi) is 8.64. The molecule has 2 aliphatic rings. The summed E-state index contributed by atoms with van der Waals surface area (Å²) in [5, 5.41) is 7.92. The summed E-state index contributed by atoms with van der Waals surface area (Å²) in [6.07, 6.45) is 1.80. The monoisotopic (exact) mass is 372 g/mol. The van der Waals surface area contributed by atoms with E-state index in [1.54, 1.807) is 0 Å². The molecule has 0 aromatic carbocycles. The van der Waals surface area contributed by atoms with Crippen LogP contribution in [0.1, 0.15) is 44.9 Å². The average Bonchev–Trinajstić information content (AvgIpc) is 2.46. The molecule has 2 rings (SSSR count). The Balaban J connectivity index is 0.00000288. The van der Waals surface area contributed by atoms with Crippen LogP contribution in [0.3, 0.4) is 0 Å². The Morgan fingerprint density at radius 2 is 1.75 bits per heavy atom. The van der Waals surface area contributed by atoms with E-state index in [9.17, 15) is 22.6 Å². The van der Waals surface area contributed by atoms with Crippen LogP contribution < -0.4 is 29.6 Å². The van der Waals surface area contributed by atoms with Crippen molar-refractivity contribution in [2.75, 3.05) is 0 Å². The van der Waals surface area contributed by atoms with Crippen molar-refractivity contribution in [3.63, 3.8) is 0 Å². The number of carbonyl (C=O) groups is 2. The third-order valence-corrected chi connectivity index (χ3v) is 5.79. The van der Waals surface area contributed by atoms with Crippen LogP contribution >= 0.6 is 0 Å². The van der Waals surface area contributed by atoms with Gasteiger partial charge in [-0.2, -0.15) is 0 Å². The summed E-state index contributed by atoms with van der Waals surface area (Å²) < 4.78 is 44.6. The van der Waals surface area contributed by atoms with E-state index in [1.807, 2.05) is 0 Å². The molecule has 132 valence electrons. The van der Waals surface area contributed by atoms with Gasteiger partial charge in [0.05, 0.1) is 33.5 Å². The second-order valence-electron chi connectivity index (χ2n) is 6.26. The van der Waals surface area contributed by atoms with Gasteiger partial charge < -0.3 is 19.1 Å². The van der Waals surface area contributed by atoms with E-state index in [0.717, 1.165) is 19.3 Å². The molecule has 0 bridgehead atoms.